The maximum Gasteiger partial charge on any atom is 0.417 e. The van der Waals surface area contributed by atoms with Crippen LogP contribution in [0.4, 0.5) is 24.5 Å². The summed E-state index contributed by atoms with van der Waals surface area (Å²) < 4.78 is 38.9. The Morgan fingerprint density at radius 2 is 1.57 bits per heavy atom. The van der Waals surface area contributed by atoms with Gasteiger partial charge in [-0.25, -0.2) is 0 Å². The van der Waals surface area contributed by atoms with Crippen LogP contribution in [0.25, 0.3) is 0 Å². The molecule has 0 atom stereocenters. The van der Waals surface area contributed by atoms with E-state index in [1.54, 1.807) is 18.0 Å². The van der Waals surface area contributed by atoms with Crippen LogP contribution in [0.1, 0.15) is 16.7 Å². The third kappa shape index (κ3) is 3.16. The van der Waals surface area contributed by atoms with Gasteiger partial charge in [0.05, 0.1) is 17.2 Å². The zero-order valence-corrected chi connectivity index (χ0v) is 11.6. The molecule has 0 bridgehead atoms. The Kier molecular flexibility index (Phi) is 3.90. The lowest BCUT2D eigenvalue weighted by atomic mass is 10.1. The van der Waals surface area contributed by atoms with Crippen LogP contribution in [-0.4, -0.2) is 7.05 Å². The number of hydrogen-bond acceptors (Lipinski definition) is 2. The zero-order chi connectivity index (χ0) is 15.6. The highest BCUT2D eigenvalue weighted by Gasteiger charge is 2.34. The highest BCUT2D eigenvalue weighted by atomic mass is 19.4. The molecule has 0 aromatic heterocycles. The molecule has 0 fully saturated rings. The van der Waals surface area contributed by atoms with E-state index in [2.05, 4.69) is 0 Å². The molecule has 0 aliphatic heterocycles. The maximum absolute atomic E-state index is 13.0. The smallest absolute Gasteiger partial charge is 0.345 e. The molecular formula is C16H13F3N2. The molecule has 108 valence electrons. The zero-order valence-electron chi connectivity index (χ0n) is 11.6. The molecule has 2 aromatic rings. The van der Waals surface area contributed by atoms with Gasteiger partial charge >= 0.3 is 6.18 Å². The second kappa shape index (κ2) is 5.49. The molecule has 2 nitrogen and oxygen atoms in total. The molecule has 0 aliphatic rings. The molecule has 21 heavy (non-hydrogen) atoms. The van der Waals surface area contributed by atoms with E-state index in [-0.39, 0.29) is 5.56 Å². The van der Waals surface area contributed by atoms with Crippen molar-refractivity contribution in [2.24, 2.45) is 0 Å². The molecule has 2 aromatic carbocycles. The number of hydrogen-bond donors (Lipinski definition) is 0. The fraction of sp³-hybridized carbons (Fsp3) is 0.188. The Balaban J connectivity index is 2.45. The summed E-state index contributed by atoms with van der Waals surface area (Å²) in [5.41, 5.74) is 0.941. The number of alkyl halides is 3. The summed E-state index contributed by atoms with van der Waals surface area (Å²) in [5, 5.41) is 8.80. The van der Waals surface area contributed by atoms with Crippen molar-refractivity contribution in [2.45, 2.75) is 13.1 Å². The van der Waals surface area contributed by atoms with Crippen LogP contribution in [0.15, 0.2) is 42.5 Å². The van der Waals surface area contributed by atoms with E-state index >= 15 is 0 Å². The van der Waals surface area contributed by atoms with E-state index in [0.717, 1.165) is 17.3 Å². The number of nitriles is 1. The third-order valence-electron chi connectivity index (χ3n) is 3.24. The van der Waals surface area contributed by atoms with E-state index in [9.17, 15) is 13.2 Å². The highest BCUT2D eigenvalue weighted by Crippen LogP contribution is 2.35. The van der Waals surface area contributed by atoms with Crippen molar-refractivity contribution in [1.82, 2.24) is 0 Å². The molecule has 2 rings (SSSR count). The topological polar surface area (TPSA) is 27.0 Å². The largest absolute Gasteiger partial charge is 0.417 e. The standard InChI is InChI=1S/C16H13F3N2/c1-11-3-6-13(7-4-11)21(2)14-8-5-12(10-20)15(9-14)16(17,18)19/h3-9H,1-2H3. The van der Waals surface area contributed by atoms with Gasteiger partial charge in [-0.2, -0.15) is 18.4 Å². The first-order valence-corrected chi connectivity index (χ1v) is 6.24. The van der Waals surface area contributed by atoms with E-state index in [1.165, 1.54) is 12.1 Å². The minimum Gasteiger partial charge on any atom is -0.345 e. The lowest BCUT2D eigenvalue weighted by Gasteiger charge is -2.21. The maximum atomic E-state index is 13.0. The number of aryl methyl sites for hydroxylation is 1. The first-order valence-electron chi connectivity index (χ1n) is 6.24. The summed E-state index contributed by atoms with van der Waals surface area (Å²) in [5.74, 6) is 0. The Bertz CT molecular complexity index is 682. The van der Waals surface area contributed by atoms with Crippen LogP contribution in [0.2, 0.25) is 0 Å². The van der Waals surface area contributed by atoms with E-state index in [4.69, 9.17) is 5.26 Å². The van der Waals surface area contributed by atoms with Crippen molar-refractivity contribution in [3.8, 4) is 6.07 Å². The summed E-state index contributed by atoms with van der Waals surface area (Å²) >= 11 is 0. The highest BCUT2D eigenvalue weighted by molar-refractivity contribution is 5.65. The van der Waals surface area contributed by atoms with Crippen molar-refractivity contribution in [2.75, 3.05) is 11.9 Å². The van der Waals surface area contributed by atoms with Crippen molar-refractivity contribution in [1.29, 1.82) is 5.26 Å². The molecular weight excluding hydrogens is 277 g/mol. The number of benzene rings is 2. The fourth-order valence-electron chi connectivity index (χ4n) is 1.99. The molecule has 5 heteroatoms. The van der Waals surface area contributed by atoms with Crippen molar-refractivity contribution < 1.29 is 13.2 Å². The molecule has 0 spiro atoms. The minimum absolute atomic E-state index is 0.372. The van der Waals surface area contributed by atoms with Gasteiger partial charge in [0.2, 0.25) is 0 Å². The van der Waals surface area contributed by atoms with Crippen LogP contribution in [0, 0.1) is 18.3 Å². The summed E-state index contributed by atoms with van der Waals surface area (Å²) in [6.07, 6.45) is -4.55. The van der Waals surface area contributed by atoms with Crippen LogP contribution in [-0.2, 0) is 6.18 Å². The Hall–Kier alpha value is -2.48. The van der Waals surface area contributed by atoms with Crippen molar-refractivity contribution in [3.05, 3.63) is 59.2 Å². The number of anilines is 2. The number of nitrogens with zero attached hydrogens (tertiary/aromatic N) is 2. The van der Waals surface area contributed by atoms with Gasteiger partial charge in [-0.3, -0.25) is 0 Å². The lowest BCUT2D eigenvalue weighted by Crippen LogP contribution is -2.13. The molecule has 0 saturated heterocycles. The minimum atomic E-state index is -4.55. The van der Waals surface area contributed by atoms with Crippen LogP contribution >= 0.6 is 0 Å². The molecule has 0 N–H and O–H groups in total. The van der Waals surface area contributed by atoms with Crippen LogP contribution < -0.4 is 4.90 Å². The van der Waals surface area contributed by atoms with Crippen molar-refractivity contribution >= 4 is 11.4 Å². The normalized spacial score (nSPS) is 11.0. The molecule has 0 unspecified atom stereocenters. The van der Waals surface area contributed by atoms with Crippen LogP contribution in [0.3, 0.4) is 0 Å². The third-order valence-corrected chi connectivity index (χ3v) is 3.24. The SMILES string of the molecule is Cc1ccc(N(C)c2ccc(C#N)c(C(F)(F)F)c2)cc1. The predicted octanol–water partition coefficient (Wildman–Crippen LogP) is 4.65. The van der Waals surface area contributed by atoms with Gasteiger partial charge in [-0.15, -0.1) is 0 Å². The van der Waals surface area contributed by atoms with Gasteiger partial charge in [-0.05, 0) is 37.3 Å². The summed E-state index contributed by atoms with van der Waals surface area (Å²) in [6, 6.07) is 12.7. The van der Waals surface area contributed by atoms with Gasteiger partial charge in [0.1, 0.15) is 0 Å². The first kappa shape index (κ1) is 14.9. The Labute approximate surface area is 121 Å². The quantitative estimate of drug-likeness (QED) is 0.804. The fourth-order valence-corrected chi connectivity index (χ4v) is 1.99. The number of halogens is 3. The summed E-state index contributed by atoms with van der Waals surface area (Å²) in [4.78, 5) is 1.65. The van der Waals surface area contributed by atoms with Gasteiger partial charge < -0.3 is 4.90 Å². The molecule has 0 heterocycles. The van der Waals surface area contributed by atoms with Crippen molar-refractivity contribution in [3.63, 3.8) is 0 Å². The second-order valence-electron chi connectivity index (χ2n) is 4.73. The van der Waals surface area contributed by atoms with Gasteiger partial charge in [0.25, 0.3) is 0 Å². The van der Waals surface area contributed by atoms with E-state index in [0.29, 0.717) is 5.69 Å². The first-order chi connectivity index (χ1) is 9.82. The monoisotopic (exact) mass is 290 g/mol. The molecule has 0 saturated carbocycles. The summed E-state index contributed by atoms with van der Waals surface area (Å²) in [6.45, 7) is 1.94. The second-order valence-corrected chi connectivity index (χ2v) is 4.73. The van der Waals surface area contributed by atoms with Gasteiger partial charge in [0.15, 0.2) is 0 Å². The molecule has 0 aliphatic carbocycles. The van der Waals surface area contributed by atoms with E-state index in [1.807, 2.05) is 31.2 Å². The Morgan fingerprint density at radius 1 is 1.00 bits per heavy atom. The average molecular weight is 290 g/mol. The van der Waals surface area contributed by atoms with Gasteiger partial charge in [-0.1, -0.05) is 17.7 Å². The van der Waals surface area contributed by atoms with E-state index < -0.39 is 11.7 Å². The van der Waals surface area contributed by atoms with Gasteiger partial charge in [0, 0.05) is 18.4 Å². The molecule has 0 amide bonds. The Morgan fingerprint density at radius 3 is 2.10 bits per heavy atom. The lowest BCUT2D eigenvalue weighted by molar-refractivity contribution is -0.137. The number of rotatable bonds is 2. The molecule has 0 radical (unpaired) electrons. The predicted molar refractivity (Wildman–Crippen MR) is 75.4 cm³/mol. The summed E-state index contributed by atoms with van der Waals surface area (Å²) in [7, 11) is 1.69. The average Bonchev–Trinajstić information content (AvgIpc) is 2.45. The van der Waals surface area contributed by atoms with Crippen LogP contribution in [0.5, 0.6) is 0 Å².